The van der Waals surface area contributed by atoms with E-state index >= 15 is 0 Å². The molecule has 2 aromatic heterocycles. The van der Waals surface area contributed by atoms with Gasteiger partial charge in [0.2, 0.25) is 11.8 Å². The highest BCUT2D eigenvalue weighted by Gasteiger charge is 2.39. The number of ether oxygens (including phenoxy) is 2. The summed E-state index contributed by atoms with van der Waals surface area (Å²) < 4.78 is 9.51. The number of alkyl carbamates (subject to hydrolysis) is 2. The average molecular weight is 713 g/mol. The summed E-state index contributed by atoms with van der Waals surface area (Å²) in [5.74, 6) is 0.926. The molecule has 4 aromatic rings. The van der Waals surface area contributed by atoms with Gasteiger partial charge in [0, 0.05) is 24.2 Å². The molecule has 0 saturated carbocycles. The molecule has 276 valence electrons. The van der Waals surface area contributed by atoms with Crippen LogP contribution >= 0.6 is 0 Å². The molecule has 0 aliphatic carbocycles. The molecule has 52 heavy (non-hydrogen) atoms. The maximum Gasteiger partial charge on any atom is 0.407 e. The van der Waals surface area contributed by atoms with Gasteiger partial charge in [-0.05, 0) is 60.4 Å². The predicted molar refractivity (Wildman–Crippen MR) is 195 cm³/mol. The lowest BCUT2D eigenvalue weighted by Crippen LogP contribution is -2.51. The van der Waals surface area contributed by atoms with Gasteiger partial charge in [-0.3, -0.25) is 9.59 Å². The van der Waals surface area contributed by atoms with Gasteiger partial charge in [-0.15, -0.1) is 0 Å². The molecule has 0 bridgehead atoms. The van der Waals surface area contributed by atoms with Crippen LogP contribution in [0.15, 0.2) is 48.8 Å². The van der Waals surface area contributed by atoms with Crippen LogP contribution < -0.4 is 10.6 Å². The van der Waals surface area contributed by atoms with Gasteiger partial charge >= 0.3 is 12.2 Å². The molecule has 4 amide bonds. The van der Waals surface area contributed by atoms with Gasteiger partial charge in [-0.25, -0.2) is 19.6 Å². The molecule has 14 heteroatoms. The van der Waals surface area contributed by atoms with E-state index in [9.17, 15) is 19.2 Å². The van der Waals surface area contributed by atoms with Crippen molar-refractivity contribution >= 4 is 34.8 Å². The molecule has 2 saturated heterocycles. The number of methoxy groups -OCH3 is 2. The summed E-state index contributed by atoms with van der Waals surface area (Å²) in [6, 6.07) is 10.6. The van der Waals surface area contributed by atoms with E-state index in [1.54, 1.807) is 22.2 Å². The molecule has 4 N–H and O–H groups in total. The first-order chi connectivity index (χ1) is 25.0. The van der Waals surface area contributed by atoms with E-state index in [-0.39, 0.29) is 35.7 Å². The smallest absolute Gasteiger partial charge is 0.407 e. The molecule has 4 atom stereocenters. The molecule has 0 spiro atoms. The first-order valence-electron chi connectivity index (χ1n) is 17.9. The zero-order valence-electron chi connectivity index (χ0n) is 30.6. The van der Waals surface area contributed by atoms with Crippen LogP contribution in [0.3, 0.4) is 0 Å². The lowest BCUT2D eigenvalue weighted by atomic mass is 10.0. The Morgan fingerprint density at radius 2 is 1.10 bits per heavy atom. The van der Waals surface area contributed by atoms with E-state index in [1.165, 1.54) is 14.2 Å². The standard InChI is InChI=1S/C38H48N8O6/c1-21(2)31(43-37(49)51-5)35(47)45-15-7-9-29(45)33-39-19-27(41-33)25-13-11-24-18-26(14-12-23(24)17-25)28-20-40-34(42-28)30-10-8-16-46(30)36(48)32(22(3)4)44-38(50)52-6/h11-14,17-22,29-32H,7-10,15-16H2,1-6H3,(H,39,41)(H,40,42)(H,43,49)(H,44,50)/t29-,30-,31-,32?/m0/s1. The highest BCUT2D eigenvalue weighted by atomic mass is 16.5. The fourth-order valence-electron chi connectivity index (χ4n) is 7.27. The predicted octanol–water partition coefficient (Wildman–Crippen LogP) is 5.71. The Balaban J connectivity index is 1.16. The number of carbonyl (C=O) groups is 4. The van der Waals surface area contributed by atoms with Crippen LogP contribution in [-0.4, -0.2) is 93.1 Å². The van der Waals surface area contributed by atoms with E-state index in [4.69, 9.17) is 9.47 Å². The number of benzene rings is 2. The van der Waals surface area contributed by atoms with Crippen LogP contribution in [0.4, 0.5) is 9.59 Å². The summed E-state index contributed by atoms with van der Waals surface area (Å²) in [4.78, 5) is 70.9. The van der Waals surface area contributed by atoms with Gasteiger partial charge in [-0.1, -0.05) is 52.0 Å². The Hall–Kier alpha value is -5.40. The highest BCUT2D eigenvalue weighted by molar-refractivity contribution is 5.90. The van der Waals surface area contributed by atoms with E-state index in [1.807, 2.05) is 39.8 Å². The van der Waals surface area contributed by atoms with E-state index in [2.05, 4.69) is 54.8 Å². The minimum absolute atomic E-state index is 0.109. The number of aromatic nitrogens is 4. The summed E-state index contributed by atoms with van der Waals surface area (Å²) in [5.41, 5.74) is 3.64. The lowest BCUT2D eigenvalue weighted by Gasteiger charge is -2.30. The number of carbonyl (C=O) groups excluding carboxylic acids is 4. The Bertz CT molecular complexity index is 1800. The molecule has 1 unspecified atom stereocenters. The number of hydrogen-bond donors (Lipinski definition) is 4. The SMILES string of the molecule is COC(=O)NC(C(=O)N1CCC[C@H]1c1ncc(-c2ccc3cc(-c4cnc([C@@H]5CCCN5C(=O)[C@@H](NC(=O)OC)C(C)C)[nH]4)ccc3c2)[nH]1)C(C)C. The van der Waals surface area contributed by atoms with Crippen LogP contribution in [0, 0.1) is 11.8 Å². The largest absolute Gasteiger partial charge is 0.453 e. The van der Waals surface area contributed by atoms with Gasteiger partial charge in [-0.2, -0.15) is 0 Å². The van der Waals surface area contributed by atoms with Crippen molar-refractivity contribution in [1.29, 1.82) is 0 Å². The average Bonchev–Trinajstić information content (AvgIpc) is 3.97. The summed E-state index contributed by atoms with van der Waals surface area (Å²) in [6.45, 7) is 8.77. The van der Waals surface area contributed by atoms with E-state index in [0.717, 1.165) is 59.0 Å². The summed E-state index contributed by atoms with van der Waals surface area (Å²) in [7, 11) is 2.57. The van der Waals surface area contributed by atoms with Crippen molar-refractivity contribution in [2.45, 2.75) is 77.5 Å². The van der Waals surface area contributed by atoms with Gasteiger partial charge in [0.1, 0.15) is 23.7 Å². The number of amides is 4. The number of hydrogen-bond acceptors (Lipinski definition) is 8. The van der Waals surface area contributed by atoms with Gasteiger partial charge in [0.15, 0.2) is 0 Å². The zero-order chi connectivity index (χ0) is 37.1. The van der Waals surface area contributed by atoms with Crippen molar-refractivity contribution in [3.63, 3.8) is 0 Å². The first kappa shape index (κ1) is 36.4. The van der Waals surface area contributed by atoms with Crippen LogP contribution in [0.5, 0.6) is 0 Å². The van der Waals surface area contributed by atoms with Gasteiger partial charge in [0.25, 0.3) is 0 Å². The summed E-state index contributed by atoms with van der Waals surface area (Å²) in [5, 5.41) is 7.49. The number of H-pyrrole nitrogens is 2. The van der Waals surface area contributed by atoms with Crippen molar-refractivity contribution < 1.29 is 28.7 Å². The second kappa shape index (κ2) is 15.5. The molecule has 2 aliphatic rings. The Morgan fingerprint density at radius 1 is 0.692 bits per heavy atom. The van der Waals surface area contributed by atoms with Gasteiger partial charge < -0.3 is 39.9 Å². The van der Waals surface area contributed by atoms with Crippen LogP contribution in [-0.2, 0) is 19.1 Å². The Labute approximate surface area is 303 Å². The second-order valence-electron chi connectivity index (χ2n) is 14.2. The number of likely N-dealkylation sites (tertiary alicyclic amines) is 2. The third-order valence-corrected chi connectivity index (χ3v) is 10.1. The van der Waals surface area contributed by atoms with Crippen molar-refractivity contribution in [3.05, 3.63) is 60.4 Å². The maximum absolute atomic E-state index is 13.5. The number of imidazole rings is 2. The summed E-state index contributed by atoms with van der Waals surface area (Å²) in [6.07, 6.45) is 5.59. The van der Waals surface area contributed by atoms with Crippen molar-refractivity contribution in [3.8, 4) is 22.5 Å². The first-order valence-corrected chi connectivity index (χ1v) is 17.9. The second-order valence-corrected chi connectivity index (χ2v) is 14.2. The summed E-state index contributed by atoms with van der Waals surface area (Å²) >= 11 is 0. The molecule has 2 aliphatic heterocycles. The van der Waals surface area contributed by atoms with Crippen molar-refractivity contribution in [1.82, 2.24) is 40.4 Å². The van der Waals surface area contributed by atoms with Crippen molar-refractivity contribution in [2.75, 3.05) is 27.3 Å². The number of aromatic amines is 2. The maximum atomic E-state index is 13.5. The third kappa shape index (κ3) is 7.46. The normalized spacial score (nSPS) is 18.5. The monoisotopic (exact) mass is 712 g/mol. The number of fused-ring (bicyclic) bond motifs is 1. The molecular formula is C38H48N8O6. The lowest BCUT2D eigenvalue weighted by molar-refractivity contribution is -0.136. The van der Waals surface area contributed by atoms with E-state index in [0.29, 0.717) is 24.7 Å². The minimum Gasteiger partial charge on any atom is -0.453 e. The molecule has 14 nitrogen and oxygen atoms in total. The third-order valence-electron chi connectivity index (χ3n) is 10.1. The molecule has 4 heterocycles. The molecule has 2 fully saturated rings. The molecule has 0 radical (unpaired) electrons. The number of rotatable bonds is 10. The molecule has 6 rings (SSSR count). The zero-order valence-corrected chi connectivity index (χ0v) is 30.6. The van der Waals surface area contributed by atoms with Crippen LogP contribution in [0.1, 0.15) is 77.1 Å². The molecule has 2 aromatic carbocycles. The topological polar surface area (TPSA) is 175 Å². The quantitative estimate of drug-likeness (QED) is 0.162. The fraction of sp³-hybridized carbons (Fsp3) is 0.474. The van der Waals surface area contributed by atoms with Crippen LogP contribution in [0.2, 0.25) is 0 Å². The Kier molecular flexibility index (Phi) is 10.8. The fourth-order valence-corrected chi connectivity index (χ4v) is 7.27. The number of nitrogens with one attached hydrogen (secondary N) is 4. The van der Waals surface area contributed by atoms with E-state index < -0.39 is 24.3 Å². The van der Waals surface area contributed by atoms with Gasteiger partial charge in [0.05, 0.1) is 50.1 Å². The molecular weight excluding hydrogens is 664 g/mol. The van der Waals surface area contributed by atoms with Crippen LogP contribution in [0.25, 0.3) is 33.3 Å². The Morgan fingerprint density at radius 3 is 1.46 bits per heavy atom. The highest BCUT2D eigenvalue weighted by Crippen LogP contribution is 2.35. The minimum atomic E-state index is -0.692. The van der Waals surface area contributed by atoms with Crippen molar-refractivity contribution in [2.24, 2.45) is 11.8 Å². The number of nitrogens with zero attached hydrogens (tertiary/aromatic N) is 4.